The lowest BCUT2D eigenvalue weighted by molar-refractivity contribution is -0.123. The van der Waals surface area contributed by atoms with Crippen LogP contribution >= 0.6 is 11.6 Å². The van der Waals surface area contributed by atoms with Crippen molar-refractivity contribution < 1.29 is 19.1 Å². The number of rotatable bonds is 5. The third kappa shape index (κ3) is 7.55. The van der Waals surface area contributed by atoms with E-state index in [0.29, 0.717) is 42.0 Å². The quantitative estimate of drug-likeness (QED) is 0.713. The van der Waals surface area contributed by atoms with Crippen molar-refractivity contribution in [3.05, 3.63) is 17.2 Å². The zero-order chi connectivity index (χ0) is 22.4. The van der Waals surface area contributed by atoms with E-state index in [2.05, 4.69) is 20.4 Å². The molecule has 0 bridgehead atoms. The first-order valence-corrected chi connectivity index (χ1v) is 11.2. The lowest BCUT2D eigenvalue weighted by Crippen LogP contribution is -2.46. The van der Waals surface area contributed by atoms with E-state index in [1.165, 1.54) is 0 Å². The fraction of sp³-hybridized carbons (Fsp3) is 0.636. The molecule has 9 heteroatoms. The number of ether oxygens (including phenoxy) is 2. The number of carbonyl (C=O) groups excluding carboxylic acids is 2. The minimum atomic E-state index is -0.235. The Balaban J connectivity index is 1.50. The molecule has 0 aliphatic carbocycles. The van der Waals surface area contributed by atoms with Gasteiger partial charge >= 0.3 is 0 Å². The summed E-state index contributed by atoms with van der Waals surface area (Å²) in [5.41, 5.74) is 0.285. The van der Waals surface area contributed by atoms with E-state index in [4.69, 9.17) is 21.1 Å². The van der Waals surface area contributed by atoms with Gasteiger partial charge in [-0.2, -0.15) is 0 Å². The SMILES string of the molecule is CC(C)(C)NC(=O)CN1CCCN(CC(=O)Nc2cc3c(cc2Cl)OCCCO3)CC1. The average molecular weight is 453 g/mol. The van der Waals surface area contributed by atoms with Gasteiger partial charge in [0.1, 0.15) is 0 Å². The number of carbonyl (C=O) groups is 2. The molecule has 0 atom stereocenters. The van der Waals surface area contributed by atoms with Gasteiger partial charge in [-0.3, -0.25) is 19.4 Å². The van der Waals surface area contributed by atoms with Crippen LogP contribution in [0.1, 0.15) is 33.6 Å². The highest BCUT2D eigenvalue weighted by molar-refractivity contribution is 6.34. The zero-order valence-electron chi connectivity index (χ0n) is 18.6. The van der Waals surface area contributed by atoms with E-state index < -0.39 is 0 Å². The van der Waals surface area contributed by atoms with Crippen LogP contribution in [0, 0.1) is 0 Å². The van der Waals surface area contributed by atoms with Gasteiger partial charge in [0.15, 0.2) is 11.5 Å². The summed E-state index contributed by atoms with van der Waals surface area (Å²) in [6, 6.07) is 3.41. The van der Waals surface area contributed by atoms with Gasteiger partial charge in [-0.05, 0) is 40.3 Å². The predicted octanol–water partition coefficient (Wildman–Crippen LogP) is 2.36. The number of fused-ring (bicyclic) bond motifs is 1. The highest BCUT2D eigenvalue weighted by Gasteiger charge is 2.22. The Labute approximate surface area is 189 Å². The summed E-state index contributed by atoms with van der Waals surface area (Å²) >= 11 is 6.33. The minimum Gasteiger partial charge on any atom is -0.490 e. The summed E-state index contributed by atoms with van der Waals surface area (Å²) in [6.07, 6.45) is 1.71. The summed E-state index contributed by atoms with van der Waals surface area (Å²) in [7, 11) is 0. The van der Waals surface area contributed by atoms with Crippen molar-refractivity contribution in [1.29, 1.82) is 0 Å². The summed E-state index contributed by atoms with van der Waals surface area (Å²) < 4.78 is 11.3. The number of amides is 2. The average Bonchev–Trinajstić information content (AvgIpc) is 3.01. The molecule has 2 N–H and O–H groups in total. The van der Waals surface area contributed by atoms with E-state index in [-0.39, 0.29) is 23.9 Å². The molecule has 1 aromatic rings. The number of anilines is 1. The fourth-order valence-corrected chi connectivity index (χ4v) is 3.87. The second-order valence-corrected chi connectivity index (χ2v) is 9.49. The molecule has 0 spiro atoms. The molecule has 3 rings (SSSR count). The number of hydrogen-bond donors (Lipinski definition) is 2. The molecule has 1 fully saturated rings. The molecule has 31 heavy (non-hydrogen) atoms. The smallest absolute Gasteiger partial charge is 0.238 e. The van der Waals surface area contributed by atoms with Crippen LogP contribution in [0.2, 0.25) is 5.02 Å². The van der Waals surface area contributed by atoms with Crippen molar-refractivity contribution in [2.75, 3.05) is 57.8 Å². The topological polar surface area (TPSA) is 83.1 Å². The number of halogens is 1. The van der Waals surface area contributed by atoms with Gasteiger partial charge < -0.3 is 20.1 Å². The maximum absolute atomic E-state index is 12.6. The highest BCUT2D eigenvalue weighted by Crippen LogP contribution is 2.37. The van der Waals surface area contributed by atoms with Crippen molar-refractivity contribution in [1.82, 2.24) is 15.1 Å². The lowest BCUT2D eigenvalue weighted by atomic mass is 10.1. The molecule has 172 valence electrons. The molecule has 0 unspecified atom stereocenters. The Bertz CT molecular complexity index is 796. The van der Waals surface area contributed by atoms with Crippen molar-refractivity contribution in [3.8, 4) is 11.5 Å². The number of hydrogen-bond acceptors (Lipinski definition) is 6. The van der Waals surface area contributed by atoms with E-state index >= 15 is 0 Å². The van der Waals surface area contributed by atoms with Crippen LogP contribution in [-0.4, -0.2) is 79.6 Å². The molecule has 2 aliphatic rings. The van der Waals surface area contributed by atoms with Gasteiger partial charge in [-0.25, -0.2) is 0 Å². The molecular formula is C22H33ClN4O4. The first-order chi connectivity index (χ1) is 14.7. The summed E-state index contributed by atoms with van der Waals surface area (Å²) in [5.74, 6) is 1.10. The first-order valence-electron chi connectivity index (χ1n) is 10.8. The second-order valence-electron chi connectivity index (χ2n) is 9.08. The van der Waals surface area contributed by atoms with Crippen LogP contribution < -0.4 is 20.1 Å². The third-order valence-corrected chi connectivity index (χ3v) is 5.35. The fourth-order valence-electron chi connectivity index (χ4n) is 3.67. The van der Waals surface area contributed by atoms with Crippen molar-refractivity contribution in [3.63, 3.8) is 0 Å². The summed E-state index contributed by atoms with van der Waals surface area (Å²) in [6.45, 7) is 10.8. The minimum absolute atomic E-state index is 0.0303. The Morgan fingerprint density at radius 2 is 1.52 bits per heavy atom. The molecule has 2 aliphatic heterocycles. The Hall–Kier alpha value is -2.03. The molecule has 0 aromatic heterocycles. The third-order valence-electron chi connectivity index (χ3n) is 5.04. The van der Waals surface area contributed by atoms with Gasteiger partial charge in [-0.15, -0.1) is 0 Å². The maximum atomic E-state index is 12.6. The number of benzene rings is 1. The van der Waals surface area contributed by atoms with Crippen molar-refractivity contribution in [2.24, 2.45) is 0 Å². The number of nitrogens with one attached hydrogen (secondary N) is 2. The van der Waals surface area contributed by atoms with Crippen molar-refractivity contribution in [2.45, 2.75) is 39.2 Å². The van der Waals surface area contributed by atoms with Gasteiger partial charge in [-0.1, -0.05) is 11.6 Å². The van der Waals surface area contributed by atoms with Crippen LogP contribution in [0.25, 0.3) is 0 Å². The van der Waals surface area contributed by atoms with Crippen LogP contribution in [-0.2, 0) is 9.59 Å². The standard InChI is InChI=1S/C22H33ClN4O4/c1-22(2,3)25-21(29)15-27-7-4-6-26(8-9-27)14-20(28)24-17-13-19-18(12-16(17)23)30-10-5-11-31-19/h12-13H,4-11,14-15H2,1-3H3,(H,24,28)(H,25,29). The van der Waals surface area contributed by atoms with Crippen molar-refractivity contribution >= 4 is 29.1 Å². The van der Waals surface area contributed by atoms with Crippen LogP contribution in [0.5, 0.6) is 11.5 Å². The zero-order valence-corrected chi connectivity index (χ0v) is 19.4. The molecule has 8 nitrogen and oxygen atoms in total. The van der Waals surface area contributed by atoms with E-state index in [0.717, 1.165) is 39.0 Å². The van der Waals surface area contributed by atoms with Gasteiger partial charge in [0, 0.05) is 37.2 Å². The molecule has 2 amide bonds. The maximum Gasteiger partial charge on any atom is 0.238 e. The molecule has 1 saturated heterocycles. The molecule has 2 heterocycles. The Morgan fingerprint density at radius 1 is 0.935 bits per heavy atom. The predicted molar refractivity (Wildman–Crippen MR) is 121 cm³/mol. The Morgan fingerprint density at radius 3 is 2.13 bits per heavy atom. The van der Waals surface area contributed by atoms with Gasteiger partial charge in [0.25, 0.3) is 0 Å². The van der Waals surface area contributed by atoms with Crippen LogP contribution in [0.3, 0.4) is 0 Å². The molecule has 0 saturated carbocycles. The van der Waals surface area contributed by atoms with Gasteiger partial charge in [0.05, 0.1) is 37.0 Å². The highest BCUT2D eigenvalue weighted by atomic mass is 35.5. The monoisotopic (exact) mass is 452 g/mol. The van der Waals surface area contributed by atoms with Crippen LogP contribution in [0.15, 0.2) is 12.1 Å². The number of nitrogens with zero attached hydrogens (tertiary/aromatic N) is 2. The van der Waals surface area contributed by atoms with E-state index in [9.17, 15) is 9.59 Å². The largest absolute Gasteiger partial charge is 0.490 e. The first kappa shape index (κ1) is 23.6. The molecule has 0 radical (unpaired) electrons. The molecular weight excluding hydrogens is 420 g/mol. The van der Waals surface area contributed by atoms with E-state index in [1.54, 1.807) is 12.1 Å². The normalized spacial score (nSPS) is 18.1. The lowest BCUT2D eigenvalue weighted by Gasteiger charge is -2.25. The Kier molecular flexibility index (Phi) is 8.02. The summed E-state index contributed by atoms with van der Waals surface area (Å²) in [4.78, 5) is 29.1. The summed E-state index contributed by atoms with van der Waals surface area (Å²) in [5, 5.41) is 6.31. The molecule has 1 aromatic carbocycles. The second kappa shape index (κ2) is 10.5. The van der Waals surface area contributed by atoms with E-state index in [1.807, 2.05) is 20.8 Å². The van der Waals surface area contributed by atoms with Gasteiger partial charge in [0.2, 0.25) is 11.8 Å². The van der Waals surface area contributed by atoms with Crippen LogP contribution in [0.4, 0.5) is 5.69 Å².